The largest absolute Gasteiger partial charge is 0.464 e. The molecule has 10 heteroatoms. The molecule has 0 aromatic heterocycles. The number of fused-ring (bicyclic) bond motifs is 5. The monoisotopic (exact) mass is 578 g/mol. The Morgan fingerprint density at radius 2 is 1.85 bits per heavy atom. The lowest BCUT2D eigenvalue weighted by atomic mass is 9.43. The molecule has 230 valence electrons. The maximum Gasteiger partial charge on any atom is 0.331 e. The number of hydrogen-bond acceptors (Lipinski definition) is 10. The molecule has 41 heavy (non-hydrogen) atoms. The van der Waals surface area contributed by atoms with Crippen molar-refractivity contribution in [3.8, 4) is 0 Å². The molecule has 3 N–H and O–H groups in total. The lowest BCUT2D eigenvalue weighted by Gasteiger charge is -2.63. The molecule has 0 spiro atoms. The van der Waals surface area contributed by atoms with Gasteiger partial charge in [-0.3, -0.25) is 4.79 Å². The molecular weight excluding hydrogens is 532 g/mol. The Morgan fingerprint density at radius 3 is 2.54 bits per heavy atom. The molecular formula is C31H46O10. The van der Waals surface area contributed by atoms with Gasteiger partial charge in [-0.2, -0.15) is 0 Å². The Morgan fingerprint density at radius 1 is 1.07 bits per heavy atom. The highest BCUT2D eigenvalue weighted by Crippen LogP contribution is 2.70. The fraction of sp³-hybridized carbons (Fsp3) is 0.871. The number of hydrogen-bond donors (Lipinski definition) is 3. The maximum absolute atomic E-state index is 12.6. The standard InChI is InChI=1S/C31H46O10/c1-16-25(34)27(37-4)26(35)28(40-16)41-19-7-9-29(2)18(12-19)5-6-21-20(29)8-10-30(3)24(17-11-23(33)38-14-17)22(39-15-32)13-31(21,30)36/h11,15-16,18-22,24-28,34-36H,5-10,12-14H2,1-4H3/t16-,18-,19+,20?,21?,22+,24+,25+,26-,27+,28-,29+,30-,31+/m1/s1. The van der Waals surface area contributed by atoms with Crippen LogP contribution >= 0.6 is 0 Å². The summed E-state index contributed by atoms with van der Waals surface area (Å²) in [5.74, 6) is 0.156. The third kappa shape index (κ3) is 4.42. The Bertz CT molecular complexity index is 1060. The van der Waals surface area contributed by atoms with Crippen LogP contribution in [0, 0.1) is 34.5 Å². The molecule has 0 bridgehead atoms. The second-order valence-corrected chi connectivity index (χ2v) is 14.1. The van der Waals surface area contributed by atoms with Crippen molar-refractivity contribution < 1.29 is 48.6 Å². The third-order valence-electron chi connectivity index (χ3n) is 12.5. The summed E-state index contributed by atoms with van der Waals surface area (Å²) in [5.41, 5.74) is -0.705. The summed E-state index contributed by atoms with van der Waals surface area (Å²) >= 11 is 0. The number of esters is 1. The van der Waals surface area contributed by atoms with Gasteiger partial charge < -0.3 is 39.0 Å². The summed E-state index contributed by atoms with van der Waals surface area (Å²) in [6.45, 7) is 6.91. The predicted molar refractivity (Wildman–Crippen MR) is 144 cm³/mol. The Kier molecular flexibility index (Phi) is 7.60. The number of cyclic esters (lactones) is 1. The Hall–Kier alpha value is -1.56. The van der Waals surface area contributed by atoms with Crippen molar-refractivity contribution in [3.63, 3.8) is 0 Å². The first kappa shape index (κ1) is 29.5. The van der Waals surface area contributed by atoms with E-state index in [9.17, 15) is 24.9 Å². The number of aliphatic hydroxyl groups is 3. The zero-order valence-electron chi connectivity index (χ0n) is 24.6. The van der Waals surface area contributed by atoms with Crippen LogP contribution in [0.5, 0.6) is 0 Å². The lowest BCUT2D eigenvalue weighted by molar-refractivity contribution is -0.313. The minimum atomic E-state index is -1.08. The summed E-state index contributed by atoms with van der Waals surface area (Å²) in [6.07, 6.45) is 3.37. The molecule has 4 aliphatic carbocycles. The summed E-state index contributed by atoms with van der Waals surface area (Å²) in [4.78, 5) is 23.5. The topological polar surface area (TPSA) is 141 Å². The summed E-state index contributed by atoms with van der Waals surface area (Å²) in [5, 5.41) is 33.7. The van der Waals surface area contributed by atoms with Crippen LogP contribution < -0.4 is 0 Å². The normalized spacial score (nSPS) is 53.0. The van der Waals surface area contributed by atoms with Gasteiger partial charge in [0.2, 0.25) is 0 Å². The predicted octanol–water partition coefficient (Wildman–Crippen LogP) is 2.26. The first-order chi connectivity index (χ1) is 19.5. The van der Waals surface area contributed by atoms with E-state index in [-0.39, 0.29) is 35.9 Å². The minimum Gasteiger partial charge on any atom is -0.464 e. The average molecular weight is 579 g/mol. The molecule has 0 radical (unpaired) electrons. The van der Waals surface area contributed by atoms with Gasteiger partial charge in [-0.05, 0) is 80.6 Å². The highest BCUT2D eigenvalue weighted by Gasteiger charge is 2.71. The molecule has 2 heterocycles. The number of aliphatic hydroxyl groups excluding tert-OH is 2. The summed E-state index contributed by atoms with van der Waals surface area (Å²) in [6, 6.07) is 0. The zero-order chi connectivity index (χ0) is 29.3. The SMILES string of the molecule is CO[C@H]1[C@@H](O)[C@@H](C)O[C@H](O[C@H]2CC[C@]3(C)C4CC[C@]5(C)[C@@H](C6=CC(=O)OC6)[C@@H](OC=O)C[C@]5(O)C4CC[C@@H]3C2)[C@@H]1O. The quantitative estimate of drug-likeness (QED) is 0.244. The van der Waals surface area contributed by atoms with Crippen LogP contribution in [0.15, 0.2) is 11.6 Å². The van der Waals surface area contributed by atoms with E-state index in [2.05, 4.69) is 13.8 Å². The Labute approximate surface area is 241 Å². The van der Waals surface area contributed by atoms with E-state index in [4.69, 9.17) is 23.7 Å². The van der Waals surface area contributed by atoms with Crippen molar-refractivity contribution in [1.82, 2.24) is 0 Å². The van der Waals surface area contributed by atoms with Crippen LogP contribution in [0.3, 0.4) is 0 Å². The second kappa shape index (κ2) is 10.6. The number of ether oxygens (including phenoxy) is 5. The van der Waals surface area contributed by atoms with Crippen LogP contribution in [0.25, 0.3) is 0 Å². The van der Waals surface area contributed by atoms with E-state index in [1.54, 1.807) is 6.92 Å². The van der Waals surface area contributed by atoms with Gasteiger partial charge in [0.05, 0.1) is 17.8 Å². The van der Waals surface area contributed by atoms with Gasteiger partial charge in [0, 0.05) is 30.9 Å². The van der Waals surface area contributed by atoms with E-state index in [1.165, 1.54) is 13.2 Å². The van der Waals surface area contributed by atoms with Gasteiger partial charge in [-0.15, -0.1) is 0 Å². The number of carbonyl (C=O) groups is 2. The molecule has 6 rings (SSSR count). The van der Waals surface area contributed by atoms with Crippen LogP contribution in [-0.4, -0.2) is 90.0 Å². The van der Waals surface area contributed by atoms with Gasteiger partial charge >= 0.3 is 5.97 Å². The molecule has 6 aliphatic rings. The van der Waals surface area contributed by atoms with Crippen LogP contribution in [0.1, 0.15) is 72.1 Å². The smallest absolute Gasteiger partial charge is 0.331 e. The van der Waals surface area contributed by atoms with Gasteiger partial charge in [0.25, 0.3) is 6.47 Å². The van der Waals surface area contributed by atoms with Gasteiger partial charge in [0.1, 0.15) is 31.0 Å². The number of methoxy groups -OCH3 is 1. The Balaban J connectivity index is 1.19. The zero-order valence-corrected chi connectivity index (χ0v) is 24.6. The highest BCUT2D eigenvalue weighted by atomic mass is 16.7. The summed E-state index contributed by atoms with van der Waals surface area (Å²) in [7, 11) is 1.47. The van der Waals surface area contributed by atoms with E-state index in [0.717, 1.165) is 50.5 Å². The van der Waals surface area contributed by atoms with E-state index in [0.29, 0.717) is 24.7 Å². The van der Waals surface area contributed by atoms with Crippen molar-refractivity contribution in [2.75, 3.05) is 13.7 Å². The van der Waals surface area contributed by atoms with E-state index < -0.39 is 47.8 Å². The fourth-order valence-corrected chi connectivity index (χ4v) is 10.3. The first-order valence-electron chi connectivity index (χ1n) is 15.4. The van der Waals surface area contributed by atoms with E-state index >= 15 is 0 Å². The molecule has 4 saturated carbocycles. The van der Waals surface area contributed by atoms with Gasteiger partial charge in [-0.25, -0.2) is 4.79 Å². The van der Waals surface area contributed by atoms with Crippen LogP contribution in [0.2, 0.25) is 0 Å². The second-order valence-electron chi connectivity index (χ2n) is 14.1. The summed E-state index contributed by atoms with van der Waals surface area (Å²) < 4.78 is 28.4. The van der Waals surface area contributed by atoms with Gasteiger partial charge in [0.15, 0.2) is 6.29 Å². The minimum absolute atomic E-state index is 0.0230. The van der Waals surface area contributed by atoms with E-state index in [1.807, 2.05) is 0 Å². The number of carbonyl (C=O) groups excluding carboxylic acids is 2. The molecule has 0 aromatic carbocycles. The molecule has 0 aromatic rings. The van der Waals surface area contributed by atoms with Crippen LogP contribution in [-0.2, 0) is 33.3 Å². The van der Waals surface area contributed by atoms with Crippen molar-refractivity contribution >= 4 is 12.4 Å². The lowest BCUT2D eigenvalue weighted by Crippen LogP contribution is -2.62. The third-order valence-corrected chi connectivity index (χ3v) is 12.5. The molecule has 5 fully saturated rings. The van der Waals surface area contributed by atoms with Crippen molar-refractivity contribution in [2.45, 2.75) is 121 Å². The molecule has 10 nitrogen and oxygen atoms in total. The van der Waals surface area contributed by atoms with Crippen molar-refractivity contribution in [3.05, 3.63) is 11.6 Å². The molecule has 14 atom stereocenters. The van der Waals surface area contributed by atoms with Crippen LogP contribution in [0.4, 0.5) is 0 Å². The molecule has 2 unspecified atom stereocenters. The van der Waals surface area contributed by atoms with Gasteiger partial charge in [-0.1, -0.05) is 13.8 Å². The molecule has 1 saturated heterocycles. The molecule has 2 aliphatic heterocycles. The van der Waals surface area contributed by atoms with Crippen molar-refractivity contribution in [2.24, 2.45) is 34.5 Å². The first-order valence-corrected chi connectivity index (χ1v) is 15.4. The average Bonchev–Trinajstić information content (AvgIpc) is 3.45. The van der Waals surface area contributed by atoms with Crippen molar-refractivity contribution in [1.29, 1.82) is 0 Å². The number of rotatable bonds is 6. The fourth-order valence-electron chi connectivity index (χ4n) is 10.3. The maximum atomic E-state index is 12.6. The highest BCUT2D eigenvalue weighted by molar-refractivity contribution is 5.85. The molecule has 0 amide bonds.